The number of piperazine rings is 1. The zero-order valence-electron chi connectivity index (χ0n) is 23.8. The second-order valence-corrected chi connectivity index (χ2v) is 11.2. The molecule has 0 saturated carbocycles. The average molecular weight is 569 g/mol. The Balaban J connectivity index is 1.31. The van der Waals surface area contributed by atoms with E-state index in [9.17, 15) is 24.9 Å². The summed E-state index contributed by atoms with van der Waals surface area (Å²) >= 11 is 0. The second kappa shape index (κ2) is 14.3. The van der Waals surface area contributed by atoms with Crippen LogP contribution in [0.4, 0.5) is 4.79 Å². The number of ether oxygens (including phenoxy) is 2. The van der Waals surface area contributed by atoms with E-state index in [1.807, 2.05) is 44.2 Å². The Labute approximate surface area is 241 Å². The van der Waals surface area contributed by atoms with Gasteiger partial charge in [0.25, 0.3) is 5.91 Å². The van der Waals surface area contributed by atoms with Gasteiger partial charge in [0.2, 0.25) is 0 Å². The normalized spacial score (nSPS) is 21.9. The molecule has 3 aliphatic rings. The van der Waals surface area contributed by atoms with Crippen LogP contribution in [0.25, 0.3) is 0 Å². The Hall–Kier alpha value is -2.99. The maximum Gasteiger partial charge on any atom is 0.635 e. The third kappa shape index (κ3) is 8.75. The van der Waals surface area contributed by atoms with E-state index in [1.165, 1.54) is 0 Å². The first-order valence-electron chi connectivity index (χ1n) is 14.2. The highest BCUT2D eigenvalue weighted by Gasteiger charge is 2.35. The fourth-order valence-electron chi connectivity index (χ4n) is 5.50. The van der Waals surface area contributed by atoms with E-state index in [4.69, 9.17) is 14.1 Å². The van der Waals surface area contributed by atoms with Crippen LogP contribution in [0.15, 0.2) is 42.0 Å². The molecule has 0 aromatic heterocycles. The largest absolute Gasteiger partial charge is 0.635 e. The fourth-order valence-corrected chi connectivity index (χ4v) is 5.50. The van der Waals surface area contributed by atoms with E-state index in [0.29, 0.717) is 25.4 Å². The number of rotatable bonds is 10. The average Bonchev–Trinajstić information content (AvgIpc) is 2.91. The van der Waals surface area contributed by atoms with Gasteiger partial charge in [0.05, 0.1) is 25.8 Å². The highest BCUT2D eigenvalue weighted by atomic mass is 16.6. The number of hydrogen-bond donors (Lipinski definition) is 3. The van der Waals surface area contributed by atoms with Gasteiger partial charge < -0.3 is 29.1 Å². The quantitative estimate of drug-likeness (QED) is 0.158. The Kier molecular flexibility index (Phi) is 10.8. The smallest absolute Gasteiger partial charge is 0.444 e. The van der Waals surface area contributed by atoms with Gasteiger partial charge in [0.1, 0.15) is 24.0 Å². The van der Waals surface area contributed by atoms with Crippen LogP contribution in [-0.2, 0) is 25.3 Å². The van der Waals surface area contributed by atoms with Crippen molar-refractivity contribution in [2.45, 2.75) is 57.0 Å². The molecule has 1 aromatic rings. The molecular weight excluding hydrogens is 529 g/mol. The van der Waals surface area contributed by atoms with Crippen molar-refractivity contribution >= 4 is 19.3 Å². The minimum atomic E-state index is -2.08. The lowest BCUT2D eigenvalue weighted by Crippen LogP contribution is -2.59. The lowest BCUT2D eigenvalue weighted by Gasteiger charge is -2.46. The summed E-state index contributed by atoms with van der Waals surface area (Å²) in [4.78, 5) is 32.3. The number of benzene rings is 1. The number of nitriles is 1. The van der Waals surface area contributed by atoms with Crippen molar-refractivity contribution in [1.29, 1.82) is 5.26 Å². The van der Waals surface area contributed by atoms with Crippen LogP contribution >= 0.6 is 0 Å². The number of likely N-dealkylation sites (tertiary alicyclic amines) is 1. The highest BCUT2D eigenvalue weighted by molar-refractivity contribution is 6.32. The van der Waals surface area contributed by atoms with Crippen LogP contribution < -0.4 is 5.32 Å². The van der Waals surface area contributed by atoms with Gasteiger partial charge in [-0.1, -0.05) is 30.3 Å². The number of nitrogens with zero attached hydrogens (tertiary/aromatic N) is 4. The Morgan fingerprint density at radius 3 is 2.51 bits per heavy atom. The molecule has 2 atom stereocenters. The summed E-state index contributed by atoms with van der Waals surface area (Å²) in [6.45, 7) is 9.73. The molecule has 0 aliphatic carbocycles. The summed E-state index contributed by atoms with van der Waals surface area (Å²) in [5.41, 5.74) is 0.407. The van der Waals surface area contributed by atoms with Gasteiger partial charge in [-0.15, -0.1) is 0 Å². The first kappa shape index (κ1) is 31.0. The van der Waals surface area contributed by atoms with Gasteiger partial charge in [-0.3, -0.25) is 19.9 Å². The van der Waals surface area contributed by atoms with Gasteiger partial charge in [-0.2, -0.15) is 5.26 Å². The lowest BCUT2D eigenvalue weighted by atomic mass is 9.96. The predicted molar refractivity (Wildman–Crippen MR) is 150 cm³/mol. The zero-order chi connectivity index (χ0) is 29.4. The first-order valence-corrected chi connectivity index (χ1v) is 14.2. The maximum atomic E-state index is 13.4. The Morgan fingerprint density at radius 1 is 1.20 bits per heavy atom. The van der Waals surface area contributed by atoms with Crippen LogP contribution in [0, 0.1) is 11.3 Å². The van der Waals surface area contributed by atoms with Crippen molar-refractivity contribution < 1.29 is 33.8 Å². The number of carbonyl (C=O) groups excluding carboxylic acids is 2. The molecule has 41 heavy (non-hydrogen) atoms. The summed E-state index contributed by atoms with van der Waals surface area (Å²) in [5, 5.41) is 31.0. The molecule has 0 spiro atoms. The summed E-state index contributed by atoms with van der Waals surface area (Å²) in [5.74, 6) is -0.381. The molecule has 0 unspecified atom stereocenters. The number of nitrogens with one attached hydrogen (secondary N) is 1. The van der Waals surface area contributed by atoms with E-state index in [1.54, 1.807) is 11.0 Å². The molecule has 3 aliphatic heterocycles. The Bertz CT molecular complexity index is 1100. The number of hydrogen-bond acceptors (Lipinski definition) is 10. The van der Waals surface area contributed by atoms with Gasteiger partial charge >= 0.3 is 13.4 Å². The number of carbonyl (C=O) groups is 2. The highest BCUT2D eigenvalue weighted by Crippen LogP contribution is 2.24. The van der Waals surface area contributed by atoms with Gasteiger partial charge in [0, 0.05) is 44.7 Å². The topological polar surface area (TPSA) is 148 Å². The van der Waals surface area contributed by atoms with Gasteiger partial charge in [-0.25, -0.2) is 4.79 Å². The number of piperidine rings is 1. The van der Waals surface area contributed by atoms with Crippen molar-refractivity contribution in [2.24, 2.45) is 0 Å². The zero-order valence-corrected chi connectivity index (χ0v) is 23.8. The van der Waals surface area contributed by atoms with Crippen LogP contribution in [0.5, 0.6) is 0 Å². The van der Waals surface area contributed by atoms with Crippen LogP contribution in [0.2, 0.25) is 0 Å². The standard InChI is InChI=1S/C28H40BN5O7/c1-28(2,34-13-11-32(12-14-34)23-19-39-20-23)16-22(17-30)26(35)33-10-6-9-24(18-33)40-27(36)31-25(41-29(37)38)15-21-7-4-3-5-8-21/h3-5,7-8,16,23-25,37-38H,6,9-15,18-20H2,1-2H3,(H,31,36)/t24-,25+/m0/s1. The molecule has 222 valence electrons. The molecule has 3 heterocycles. The molecule has 0 radical (unpaired) electrons. The number of amides is 2. The van der Waals surface area contributed by atoms with Gasteiger partial charge in [-0.05, 0) is 38.3 Å². The molecule has 12 nitrogen and oxygen atoms in total. The Morgan fingerprint density at radius 2 is 1.90 bits per heavy atom. The summed E-state index contributed by atoms with van der Waals surface area (Å²) in [6.07, 6.45) is 0.691. The van der Waals surface area contributed by atoms with Crippen LogP contribution in [0.3, 0.4) is 0 Å². The SMILES string of the molecule is CC(C)(C=C(C#N)C(=O)N1CCC[C@H](OC(=O)N[C@@H](Cc2ccccc2)OB(O)O)C1)N1CCN(C2COC2)CC1. The maximum absolute atomic E-state index is 13.4. The van der Waals surface area contributed by atoms with Crippen LogP contribution in [-0.4, -0.2) is 120 Å². The molecule has 0 bridgehead atoms. The van der Waals surface area contributed by atoms with E-state index in [0.717, 1.165) is 45.0 Å². The predicted octanol–water partition coefficient (Wildman–Crippen LogP) is 0.503. The first-order chi connectivity index (χ1) is 19.6. The molecule has 1 aromatic carbocycles. The monoisotopic (exact) mass is 569 g/mol. The summed E-state index contributed by atoms with van der Waals surface area (Å²) < 4.78 is 15.9. The molecule has 3 fully saturated rings. The minimum absolute atomic E-state index is 0.0724. The lowest BCUT2D eigenvalue weighted by molar-refractivity contribution is -0.129. The fraction of sp³-hybridized carbons (Fsp3) is 0.607. The molecular formula is C28H40BN5O7. The van der Waals surface area contributed by atoms with E-state index in [2.05, 4.69) is 21.2 Å². The molecule has 2 amide bonds. The van der Waals surface area contributed by atoms with E-state index < -0.39 is 31.3 Å². The second-order valence-electron chi connectivity index (χ2n) is 11.2. The third-order valence-corrected chi connectivity index (χ3v) is 7.88. The van der Waals surface area contributed by atoms with Crippen LogP contribution in [0.1, 0.15) is 32.3 Å². The van der Waals surface area contributed by atoms with Crippen molar-refractivity contribution in [1.82, 2.24) is 20.0 Å². The summed E-state index contributed by atoms with van der Waals surface area (Å²) in [6, 6.07) is 11.7. The van der Waals surface area contributed by atoms with Crippen molar-refractivity contribution in [3.8, 4) is 6.07 Å². The summed E-state index contributed by atoms with van der Waals surface area (Å²) in [7, 11) is -2.08. The molecule has 3 saturated heterocycles. The van der Waals surface area contributed by atoms with Crippen molar-refractivity contribution in [2.75, 3.05) is 52.5 Å². The third-order valence-electron chi connectivity index (χ3n) is 7.88. The van der Waals surface area contributed by atoms with Crippen molar-refractivity contribution in [3.05, 3.63) is 47.5 Å². The van der Waals surface area contributed by atoms with E-state index >= 15 is 0 Å². The van der Waals surface area contributed by atoms with Crippen molar-refractivity contribution in [3.63, 3.8) is 0 Å². The minimum Gasteiger partial charge on any atom is -0.444 e. The van der Waals surface area contributed by atoms with Gasteiger partial charge in [0.15, 0.2) is 0 Å². The molecule has 13 heteroatoms. The number of alkyl carbamates (subject to hydrolysis) is 1. The molecule has 4 rings (SSSR count). The van der Waals surface area contributed by atoms with E-state index in [-0.39, 0.29) is 24.4 Å². The molecule has 3 N–H and O–H groups in total.